The number of unbranched alkanes of at least 4 members (excludes halogenated alkanes) is 2. The van der Waals surface area contributed by atoms with Crippen LogP contribution >= 0.6 is 0 Å². The summed E-state index contributed by atoms with van der Waals surface area (Å²) in [6.45, 7) is 4.56. The number of hydrogen-bond acceptors (Lipinski definition) is 5. The first kappa shape index (κ1) is 24.5. The van der Waals surface area contributed by atoms with Gasteiger partial charge in [-0.3, -0.25) is 14.4 Å². The van der Waals surface area contributed by atoms with E-state index in [1.165, 1.54) is 0 Å². The number of carbonyl (C=O) groups is 3. The molecule has 0 spiro atoms. The fourth-order valence-electron chi connectivity index (χ4n) is 3.72. The Bertz CT molecular complexity index is 915. The molecule has 0 radical (unpaired) electrons. The van der Waals surface area contributed by atoms with E-state index in [1.54, 1.807) is 48.5 Å². The molecule has 3 rings (SSSR count). The summed E-state index contributed by atoms with van der Waals surface area (Å²) in [5, 5.41) is 0. The molecule has 6 heteroatoms. The third kappa shape index (κ3) is 7.74. The average Bonchev–Trinajstić information content (AvgIpc) is 3.39. The van der Waals surface area contributed by atoms with Crippen LogP contribution in [-0.2, 0) is 16.1 Å². The highest BCUT2D eigenvalue weighted by Gasteiger charge is 2.19. The first-order valence-electron chi connectivity index (χ1n) is 11.9. The van der Waals surface area contributed by atoms with Crippen LogP contribution in [0.3, 0.4) is 0 Å². The van der Waals surface area contributed by atoms with E-state index >= 15 is 0 Å². The zero-order chi connectivity index (χ0) is 23.5. The number of ketones is 1. The summed E-state index contributed by atoms with van der Waals surface area (Å²) < 4.78 is 10.9. The van der Waals surface area contributed by atoms with Gasteiger partial charge in [-0.25, -0.2) is 0 Å². The molecule has 1 aliphatic rings. The maximum Gasteiger partial charge on any atom is 0.306 e. The predicted octanol–water partition coefficient (Wildman–Crippen LogP) is 5.20. The summed E-state index contributed by atoms with van der Waals surface area (Å²) >= 11 is 0. The van der Waals surface area contributed by atoms with Gasteiger partial charge in [-0.15, -0.1) is 0 Å². The Balaban J connectivity index is 1.37. The molecule has 1 heterocycles. The molecular formula is C27H33NO5. The van der Waals surface area contributed by atoms with Crippen LogP contribution in [0.4, 0.5) is 0 Å². The van der Waals surface area contributed by atoms with Gasteiger partial charge in [0.25, 0.3) is 5.91 Å². The summed E-state index contributed by atoms with van der Waals surface area (Å²) in [6.07, 6.45) is 5.53. The molecule has 33 heavy (non-hydrogen) atoms. The minimum absolute atomic E-state index is 0.0274. The fourth-order valence-corrected chi connectivity index (χ4v) is 3.72. The molecule has 0 atom stereocenters. The number of amides is 1. The van der Waals surface area contributed by atoms with Crippen LogP contribution in [0.2, 0.25) is 0 Å². The van der Waals surface area contributed by atoms with Gasteiger partial charge in [0, 0.05) is 30.6 Å². The van der Waals surface area contributed by atoms with E-state index in [0.29, 0.717) is 17.7 Å². The van der Waals surface area contributed by atoms with Crippen LogP contribution in [0.25, 0.3) is 0 Å². The smallest absolute Gasteiger partial charge is 0.306 e. The quantitative estimate of drug-likeness (QED) is 0.252. The van der Waals surface area contributed by atoms with Gasteiger partial charge in [0.15, 0.2) is 5.78 Å². The molecule has 2 aromatic carbocycles. The molecule has 0 bridgehead atoms. The first-order chi connectivity index (χ1) is 16.1. The normalized spacial score (nSPS) is 13.1. The summed E-state index contributed by atoms with van der Waals surface area (Å²) in [5.74, 6) is 0.270. The zero-order valence-electron chi connectivity index (χ0n) is 19.4. The molecule has 2 aromatic rings. The molecule has 6 nitrogen and oxygen atoms in total. The van der Waals surface area contributed by atoms with E-state index in [2.05, 4.69) is 6.92 Å². The second-order valence-electron chi connectivity index (χ2n) is 8.36. The van der Waals surface area contributed by atoms with Crippen LogP contribution < -0.4 is 4.74 Å². The van der Waals surface area contributed by atoms with Gasteiger partial charge in [-0.1, -0.05) is 31.9 Å². The van der Waals surface area contributed by atoms with Crippen molar-refractivity contribution in [2.45, 2.75) is 58.5 Å². The Morgan fingerprint density at radius 3 is 2.18 bits per heavy atom. The van der Waals surface area contributed by atoms with Gasteiger partial charge in [-0.05, 0) is 61.2 Å². The number of rotatable bonds is 12. The Morgan fingerprint density at radius 2 is 1.52 bits per heavy atom. The third-order valence-electron chi connectivity index (χ3n) is 5.74. The lowest BCUT2D eigenvalue weighted by molar-refractivity contribution is -0.144. The van der Waals surface area contributed by atoms with Crippen LogP contribution in [0, 0.1) is 0 Å². The molecule has 1 fully saturated rings. The third-order valence-corrected chi connectivity index (χ3v) is 5.74. The maximum atomic E-state index is 12.4. The van der Waals surface area contributed by atoms with Crippen LogP contribution in [0.5, 0.6) is 5.75 Å². The van der Waals surface area contributed by atoms with Crippen molar-refractivity contribution in [2.24, 2.45) is 0 Å². The van der Waals surface area contributed by atoms with Crippen molar-refractivity contribution < 1.29 is 23.9 Å². The number of carbonyl (C=O) groups excluding carboxylic acids is 3. The van der Waals surface area contributed by atoms with Crippen molar-refractivity contribution in [3.63, 3.8) is 0 Å². The van der Waals surface area contributed by atoms with Crippen molar-refractivity contribution >= 4 is 17.7 Å². The highest BCUT2D eigenvalue weighted by atomic mass is 16.5. The summed E-state index contributed by atoms with van der Waals surface area (Å²) in [5.41, 5.74) is 2.01. The molecule has 1 saturated heterocycles. The van der Waals surface area contributed by atoms with Crippen LogP contribution in [-0.4, -0.2) is 42.3 Å². The lowest BCUT2D eigenvalue weighted by atomic mass is 10.1. The van der Waals surface area contributed by atoms with E-state index in [-0.39, 0.29) is 31.1 Å². The van der Waals surface area contributed by atoms with Crippen LogP contribution in [0.15, 0.2) is 48.5 Å². The summed E-state index contributed by atoms with van der Waals surface area (Å²) in [7, 11) is 0. The van der Waals surface area contributed by atoms with Crippen molar-refractivity contribution in [1.82, 2.24) is 4.90 Å². The molecule has 1 aliphatic heterocycles. The Kier molecular flexibility index (Phi) is 9.48. The SMILES string of the molecule is CCCCCOc1ccc(C(=O)CCC(=O)OCc2ccc(C(=O)N3CCCC3)cc2)cc1. The highest BCUT2D eigenvalue weighted by molar-refractivity contribution is 5.97. The average molecular weight is 452 g/mol. The Morgan fingerprint density at radius 1 is 0.848 bits per heavy atom. The number of esters is 1. The zero-order valence-corrected chi connectivity index (χ0v) is 19.4. The molecule has 0 aromatic heterocycles. The van der Waals surface area contributed by atoms with Crippen LogP contribution in [0.1, 0.15) is 78.1 Å². The second kappa shape index (κ2) is 12.8. The minimum atomic E-state index is -0.420. The molecule has 0 saturated carbocycles. The molecule has 0 unspecified atom stereocenters. The van der Waals surface area contributed by atoms with E-state index in [1.807, 2.05) is 4.90 Å². The highest BCUT2D eigenvalue weighted by Crippen LogP contribution is 2.16. The first-order valence-corrected chi connectivity index (χ1v) is 11.9. The number of nitrogens with zero attached hydrogens (tertiary/aromatic N) is 1. The van der Waals surface area contributed by atoms with E-state index < -0.39 is 5.97 Å². The van der Waals surface area contributed by atoms with E-state index in [4.69, 9.17) is 9.47 Å². The van der Waals surface area contributed by atoms with Gasteiger partial charge in [0.2, 0.25) is 0 Å². The van der Waals surface area contributed by atoms with Gasteiger partial charge >= 0.3 is 5.97 Å². The number of ether oxygens (including phenoxy) is 2. The fraction of sp³-hybridized carbons (Fsp3) is 0.444. The van der Waals surface area contributed by atoms with Crippen molar-refractivity contribution in [2.75, 3.05) is 19.7 Å². The number of likely N-dealkylation sites (tertiary alicyclic amines) is 1. The standard InChI is InChI=1S/C27H33NO5/c1-2-3-6-19-32-24-13-11-22(12-14-24)25(29)15-16-26(30)33-20-21-7-9-23(10-8-21)27(31)28-17-4-5-18-28/h7-14H,2-6,15-20H2,1H3. The monoisotopic (exact) mass is 451 g/mol. The van der Waals surface area contributed by atoms with Crippen molar-refractivity contribution in [3.8, 4) is 5.75 Å². The number of hydrogen-bond donors (Lipinski definition) is 0. The second-order valence-corrected chi connectivity index (χ2v) is 8.36. The lowest BCUT2D eigenvalue weighted by Crippen LogP contribution is -2.27. The number of benzene rings is 2. The van der Waals surface area contributed by atoms with Crippen molar-refractivity contribution in [1.29, 1.82) is 0 Å². The van der Waals surface area contributed by atoms with Gasteiger partial charge in [0.1, 0.15) is 12.4 Å². The van der Waals surface area contributed by atoms with Crippen molar-refractivity contribution in [3.05, 3.63) is 65.2 Å². The molecule has 176 valence electrons. The van der Waals surface area contributed by atoms with Gasteiger partial charge < -0.3 is 14.4 Å². The van der Waals surface area contributed by atoms with E-state index in [9.17, 15) is 14.4 Å². The lowest BCUT2D eigenvalue weighted by Gasteiger charge is -2.15. The molecule has 0 aliphatic carbocycles. The predicted molar refractivity (Wildman–Crippen MR) is 126 cm³/mol. The Labute approximate surface area is 195 Å². The topological polar surface area (TPSA) is 72.9 Å². The largest absolute Gasteiger partial charge is 0.494 e. The summed E-state index contributed by atoms with van der Waals surface area (Å²) in [6, 6.07) is 14.2. The summed E-state index contributed by atoms with van der Waals surface area (Å²) in [4.78, 5) is 38.7. The van der Waals surface area contributed by atoms with E-state index in [0.717, 1.165) is 56.5 Å². The number of Topliss-reactive ketones (excluding diaryl/α,β-unsaturated/α-hetero) is 1. The molecular weight excluding hydrogens is 418 g/mol. The van der Waals surface area contributed by atoms with Gasteiger partial charge in [0.05, 0.1) is 13.0 Å². The minimum Gasteiger partial charge on any atom is -0.494 e. The molecule has 1 amide bonds. The molecule has 0 N–H and O–H groups in total. The van der Waals surface area contributed by atoms with Gasteiger partial charge in [-0.2, -0.15) is 0 Å². The Hall–Kier alpha value is -3.15. The maximum absolute atomic E-state index is 12.4.